The fourth-order valence-electron chi connectivity index (χ4n) is 1.50. The van der Waals surface area contributed by atoms with Crippen molar-refractivity contribution in [2.75, 3.05) is 16.2 Å². The molecule has 2 aromatic rings. The van der Waals surface area contributed by atoms with E-state index in [2.05, 4.69) is 41.1 Å². The largest absolute Gasteiger partial charge is 0.478 e. The molecular weight excluding hydrogens is 309 g/mol. The van der Waals surface area contributed by atoms with Gasteiger partial charge >= 0.3 is 16.5 Å². The van der Waals surface area contributed by atoms with Gasteiger partial charge in [-0.25, -0.2) is 15.0 Å². The Morgan fingerprint density at radius 1 is 1.38 bits per heavy atom. The van der Waals surface area contributed by atoms with Crippen LogP contribution in [0, 0.1) is 0 Å². The summed E-state index contributed by atoms with van der Waals surface area (Å²) >= 11 is 8.00. The van der Waals surface area contributed by atoms with E-state index >= 15 is 0 Å². The Hall–Kier alpha value is -1.88. The predicted molar refractivity (Wildman–Crippen MR) is 79.8 cm³/mol. The SMILES string of the molecule is CCOc1cccc(C(=O)Nc2ncc(Cl)nc2[NH][Al])n1. The molecule has 0 aliphatic heterocycles. The van der Waals surface area contributed by atoms with Crippen molar-refractivity contribution in [1.29, 1.82) is 0 Å². The molecule has 0 aliphatic carbocycles. The zero-order valence-electron chi connectivity index (χ0n) is 11.1. The third-order valence-corrected chi connectivity index (χ3v) is 2.82. The van der Waals surface area contributed by atoms with Gasteiger partial charge in [0.2, 0.25) is 5.88 Å². The van der Waals surface area contributed by atoms with E-state index in [1.165, 1.54) is 6.20 Å². The number of aromatic nitrogens is 3. The van der Waals surface area contributed by atoms with Crippen LogP contribution in [0.3, 0.4) is 0 Å². The normalized spacial score (nSPS) is 10.0. The summed E-state index contributed by atoms with van der Waals surface area (Å²) in [5, 5.41) is 2.83. The van der Waals surface area contributed by atoms with Crippen molar-refractivity contribution in [2.24, 2.45) is 0 Å². The maximum Gasteiger partial charge on any atom is 0.308 e. The first kappa shape index (κ1) is 15.5. The van der Waals surface area contributed by atoms with Crippen molar-refractivity contribution in [3.8, 4) is 5.88 Å². The fourth-order valence-corrected chi connectivity index (χ4v) is 1.84. The van der Waals surface area contributed by atoms with E-state index in [0.29, 0.717) is 18.3 Å². The number of carbonyl (C=O) groups excluding carboxylic acids is 1. The van der Waals surface area contributed by atoms with Gasteiger partial charge in [0.05, 0.1) is 12.8 Å². The summed E-state index contributed by atoms with van der Waals surface area (Å²) in [6, 6.07) is 4.95. The third kappa shape index (κ3) is 4.05. The Morgan fingerprint density at radius 2 is 2.19 bits per heavy atom. The molecule has 2 rings (SSSR count). The summed E-state index contributed by atoms with van der Waals surface area (Å²) in [6.07, 6.45) is 1.34. The minimum Gasteiger partial charge on any atom is -0.478 e. The van der Waals surface area contributed by atoms with Crippen molar-refractivity contribution < 1.29 is 9.53 Å². The molecule has 2 aromatic heterocycles. The highest BCUT2D eigenvalue weighted by molar-refractivity contribution is 6.29. The first-order valence-electron chi connectivity index (χ1n) is 6.04. The van der Waals surface area contributed by atoms with Gasteiger partial charge in [0.25, 0.3) is 5.91 Å². The van der Waals surface area contributed by atoms with E-state index in [9.17, 15) is 4.79 Å². The van der Waals surface area contributed by atoms with Crippen LogP contribution in [0.25, 0.3) is 0 Å². The molecule has 0 aliphatic rings. The smallest absolute Gasteiger partial charge is 0.308 e. The number of nitrogens with one attached hydrogen (secondary N) is 2. The minimum atomic E-state index is -0.422. The van der Waals surface area contributed by atoms with E-state index in [4.69, 9.17) is 16.3 Å². The van der Waals surface area contributed by atoms with Crippen molar-refractivity contribution in [3.63, 3.8) is 0 Å². The summed E-state index contributed by atoms with van der Waals surface area (Å²) in [6.45, 7) is 2.32. The maximum absolute atomic E-state index is 12.2. The van der Waals surface area contributed by atoms with Crippen LogP contribution in [0.1, 0.15) is 17.4 Å². The Kier molecular flexibility index (Phi) is 5.33. The number of pyridine rings is 1. The average molecular weight is 320 g/mol. The lowest BCUT2D eigenvalue weighted by atomic mass is 10.3. The Balaban J connectivity index is 2.20. The van der Waals surface area contributed by atoms with Gasteiger partial charge in [-0.3, -0.25) is 4.79 Å². The molecule has 2 radical (unpaired) electrons. The molecule has 0 bridgehead atoms. The van der Waals surface area contributed by atoms with Crippen LogP contribution in [0.5, 0.6) is 5.88 Å². The van der Waals surface area contributed by atoms with Crippen LogP contribution in [0.15, 0.2) is 24.4 Å². The zero-order chi connectivity index (χ0) is 15.2. The quantitative estimate of drug-likeness (QED) is 0.815. The number of halogens is 1. The summed E-state index contributed by atoms with van der Waals surface area (Å²) in [5.74, 6) is 0.552. The number of ether oxygens (including phenoxy) is 1. The number of amides is 1. The third-order valence-electron chi connectivity index (χ3n) is 2.36. The number of carbonyl (C=O) groups is 1. The van der Waals surface area contributed by atoms with Crippen LogP contribution >= 0.6 is 11.6 Å². The lowest BCUT2D eigenvalue weighted by Crippen LogP contribution is -2.16. The van der Waals surface area contributed by atoms with Crippen molar-refractivity contribution in [1.82, 2.24) is 15.0 Å². The van der Waals surface area contributed by atoms with Crippen molar-refractivity contribution >= 4 is 45.7 Å². The van der Waals surface area contributed by atoms with Crippen LogP contribution in [-0.4, -0.2) is 44.0 Å². The number of rotatable bonds is 5. The van der Waals surface area contributed by atoms with Crippen LogP contribution in [0.4, 0.5) is 11.6 Å². The standard InChI is InChI=1S/C12H12ClN5O2.Al/c1-2-20-9-5-3-4-7(16-9)12(19)18-11-10(14)17-8(13)6-15-11;/h3-6H,2H2,1H3,(H3,14,15,16,17,18,19);/q;+1/p-1. The van der Waals surface area contributed by atoms with Crippen LogP contribution in [0.2, 0.25) is 5.15 Å². The molecule has 9 heteroatoms. The van der Waals surface area contributed by atoms with Gasteiger partial charge in [0, 0.05) is 6.07 Å². The Bertz CT molecular complexity index is 655. The number of nitrogens with zero attached hydrogens (tertiary/aromatic N) is 3. The number of hydrogen-bond donors (Lipinski definition) is 2. The Morgan fingerprint density at radius 3 is 2.90 bits per heavy atom. The molecule has 0 saturated heterocycles. The van der Waals surface area contributed by atoms with E-state index in [0.717, 1.165) is 0 Å². The predicted octanol–water partition coefficient (Wildman–Crippen LogP) is 1.67. The van der Waals surface area contributed by atoms with Crippen molar-refractivity contribution in [2.45, 2.75) is 6.92 Å². The van der Waals surface area contributed by atoms with Gasteiger partial charge < -0.3 is 14.4 Å². The second-order valence-electron chi connectivity index (χ2n) is 3.78. The zero-order valence-corrected chi connectivity index (χ0v) is 13.0. The molecule has 21 heavy (non-hydrogen) atoms. The van der Waals surface area contributed by atoms with E-state index in [1.807, 2.05) is 6.92 Å². The van der Waals surface area contributed by atoms with Gasteiger partial charge in [0.1, 0.15) is 16.7 Å². The highest BCUT2D eigenvalue weighted by Gasteiger charge is 2.13. The molecule has 7 nitrogen and oxygen atoms in total. The molecule has 106 valence electrons. The van der Waals surface area contributed by atoms with E-state index in [1.54, 1.807) is 18.2 Å². The van der Waals surface area contributed by atoms with E-state index in [-0.39, 0.29) is 16.7 Å². The first-order valence-corrected chi connectivity index (χ1v) is 7.00. The summed E-state index contributed by atoms with van der Waals surface area (Å²) in [4.78, 5) is 24.3. The second kappa shape index (κ2) is 7.22. The topological polar surface area (TPSA) is 89.0 Å². The molecule has 2 N–H and O–H groups in total. The van der Waals surface area contributed by atoms with E-state index < -0.39 is 5.91 Å². The number of anilines is 2. The van der Waals surface area contributed by atoms with Gasteiger partial charge in [-0.1, -0.05) is 17.7 Å². The van der Waals surface area contributed by atoms with Gasteiger partial charge in [-0.2, -0.15) is 0 Å². The summed E-state index contributed by atoms with van der Waals surface area (Å²) in [7, 11) is 0. The molecule has 0 aromatic carbocycles. The van der Waals surface area contributed by atoms with Crippen LogP contribution < -0.4 is 14.4 Å². The van der Waals surface area contributed by atoms with Crippen LogP contribution in [-0.2, 0) is 0 Å². The molecule has 0 unspecified atom stereocenters. The molecule has 0 spiro atoms. The molecule has 0 fully saturated rings. The maximum atomic E-state index is 12.2. The molecule has 0 atom stereocenters. The lowest BCUT2D eigenvalue weighted by Gasteiger charge is -2.10. The van der Waals surface area contributed by atoms with Gasteiger partial charge in [-0.05, 0) is 13.0 Å². The Labute approximate surface area is 134 Å². The summed E-state index contributed by atoms with van der Waals surface area (Å²) < 4.78 is 7.98. The summed E-state index contributed by atoms with van der Waals surface area (Å²) in [5.41, 5.74) is 0.215. The average Bonchev–Trinajstić information content (AvgIpc) is 2.49. The lowest BCUT2D eigenvalue weighted by molar-refractivity contribution is 0.102. The monoisotopic (exact) mass is 319 g/mol. The minimum absolute atomic E-state index is 0.215. The van der Waals surface area contributed by atoms with Gasteiger partial charge in [0.15, 0.2) is 5.82 Å². The molecule has 1 amide bonds. The number of hydrogen-bond acceptors (Lipinski definition) is 6. The molecule has 2 heterocycles. The first-order chi connectivity index (χ1) is 10.1. The van der Waals surface area contributed by atoms with Gasteiger partial charge in [-0.15, -0.1) is 0 Å². The molecular formula is C12H11AlClN5O2. The van der Waals surface area contributed by atoms with Crippen molar-refractivity contribution in [3.05, 3.63) is 35.2 Å². The highest BCUT2D eigenvalue weighted by atomic mass is 35.5. The second-order valence-corrected chi connectivity index (χ2v) is 4.46. The molecule has 0 saturated carbocycles. The highest BCUT2D eigenvalue weighted by Crippen LogP contribution is 2.18. The fraction of sp³-hybridized carbons (Fsp3) is 0.167.